The molecule has 0 fully saturated rings. The van der Waals surface area contributed by atoms with Gasteiger partial charge in [-0.25, -0.2) is 0 Å². The van der Waals surface area contributed by atoms with E-state index in [1.807, 2.05) is 24.3 Å². The Hall–Kier alpha value is -2.14. The number of anilines is 1. The molecule has 1 aliphatic rings. The van der Waals surface area contributed by atoms with Crippen molar-refractivity contribution in [3.8, 4) is 5.75 Å². The molecule has 0 radical (unpaired) electrons. The Labute approximate surface area is 132 Å². The molecule has 5 heteroatoms. The van der Waals surface area contributed by atoms with Crippen LogP contribution < -0.4 is 10.1 Å². The molecule has 0 saturated heterocycles. The Morgan fingerprint density at radius 2 is 1.91 bits per heavy atom. The quantitative estimate of drug-likeness (QED) is 0.947. The number of benzene rings is 2. The van der Waals surface area contributed by atoms with Crippen molar-refractivity contribution < 1.29 is 13.7 Å². The molecule has 1 aliphatic heterocycles. The Kier molecular flexibility index (Phi) is 4.24. The number of rotatable bonds is 3. The molecule has 114 valence electrons. The smallest absolute Gasteiger partial charge is 0.232 e. The average molecular weight is 315 g/mol. The van der Waals surface area contributed by atoms with E-state index in [1.54, 1.807) is 30.5 Å². The molecule has 1 N–H and O–H groups in total. The first-order valence-electron chi connectivity index (χ1n) is 7.11. The molecule has 22 heavy (non-hydrogen) atoms. The van der Waals surface area contributed by atoms with Crippen molar-refractivity contribution in [1.82, 2.24) is 0 Å². The van der Waals surface area contributed by atoms with E-state index in [0.29, 0.717) is 18.7 Å². The van der Waals surface area contributed by atoms with E-state index in [0.717, 1.165) is 16.2 Å². The lowest BCUT2D eigenvalue weighted by molar-refractivity contribution is -0.118. The van der Waals surface area contributed by atoms with E-state index in [4.69, 9.17) is 4.74 Å². The standard InChI is InChI=1S/C17H17NO3S/c1-22(20)13-8-6-12(7-9-13)18-17(19)15-10-11-21-16-5-3-2-4-14(15)16/h2-9,15H,10-11H2,1H3,(H,18,19). The Bertz CT molecular complexity index is 712. The van der Waals surface area contributed by atoms with Gasteiger partial charge >= 0.3 is 0 Å². The largest absolute Gasteiger partial charge is 0.493 e. The molecule has 1 amide bonds. The van der Waals surface area contributed by atoms with Crippen LogP contribution >= 0.6 is 0 Å². The van der Waals surface area contributed by atoms with Gasteiger partial charge in [-0.3, -0.25) is 9.00 Å². The van der Waals surface area contributed by atoms with Crippen molar-refractivity contribution >= 4 is 22.4 Å². The van der Waals surface area contributed by atoms with Gasteiger partial charge in [0.2, 0.25) is 5.91 Å². The van der Waals surface area contributed by atoms with E-state index in [2.05, 4.69) is 5.32 Å². The van der Waals surface area contributed by atoms with Gasteiger partial charge in [-0.2, -0.15) is 0 Å². The number of hydrogen-bond acceptors (Lipinski definition) is 3. The maximum absolute atomic E-state index is 12.5. The SMILES string of the molecule is CS(=O)c1ccc(NC(=O)C2CCOc3ccccc32)cc1. The normalized spacial score (nSPS) is 18.0. The first-order valence-corrected chi connectivity index (χ1v) is 8.67. The van der Waals surface area contributed by atoms with Crippen LogP contribution in [0.15, 0.2) is 53.4 Å². The molecule has 0 saturated carbocycles. The lowest BCUT2D eigenvalue weighted by Crippen LogP contribution is -2.26. The summed E-state index contributed by atoms with van der Waals surface area (Å²) in [5, 5.41) is 2.93. The molecular formula is C17H17NO3S. The zero-order chi connectivity index (χ0) is 15.5. The van der Waals surface area contributed by atoms with Crippen LogP contribution in [-0.2, 0) is 15.6 Å². The van der Waals surface area contributed by atoms with Gasteiger partial charge in [-0.05, 0) is 36.8 Å². The number of amides is 1. The summed E-state index contributed by atoms with van der Waals surface area (Å²) in [6.45, 7) is 0.544. The molecule has 0 aliphatic carbocycles. The number of ether oxygens (including phenoxy) is 1. The summed E-state index contributed by atoms with van der Waals surface area (Å²) in [4.78, 5) is 13.3. The number of nitrogens with one attached hydrogen (secondary N) is 1. The van der Waals surface area contributed by atoms with Crippen LogP contribution in [0.3, 0.4) is 0 Å². The Morgan fingerprint density at radius 1 is 1.18 bits per heavy atom. The van der Waals surface area contributed by atoms with E-state index < -0.39 is 10.8 Å². The fourth-order valence-corrected chi connectivity index (χ4v) is 3.09. The summed E-state index contributed by atoms with van der Waals surface area (Å²) in [6, 6.07) is 14.7. The summed E-state index contributed by atoms with van der Waals surface area (Å²) >= 11 is 0. The van der Waals surface area contributed by atoms with Gasteiger partial charge in [-0.15, -0.1) is 0 Å². The lowest BCUT2D eigenvalue weighted by Gasteiger charge is -2.25. The number of carbonyl (C=O) groups is 1. The third kappa shape index (κ3) is 3.04. The zero-order valence-corrected chi connectivity index (χ0v) is 13.1. The zero-order valence-electron chi connectivity index (χ0n) is 12.2. The molecular weight excluding hydrogens is 298 g/mol. The summed E-state index contributed by atoms with van der Waals surface area (Å²) < 4.78 is 17.0. The second-order valence-electron chi connectivity index (χ2n) is 5.20. The molecule has 0 bridgehead atoms. The molecule has 2 unspecified atom stereocenters. The van der Waals surface area contributed by atoms with E-state index in [1.165, 1.54) is 0 Å². The third-order valence-corrected chi connectivity index (χ3v) is 4.66. The van der Waals surface area contributed by atoms with E-state index in [-0.39, 0.29) is 11.8 Å². The van der Waals surface area contributed by atoms with Crippen LogP contribution in [0, 0.1) is 0 Å². The predicted molar refractivity (Wildman–Crippen MR) is 86.7 cm³/mol. The van der Waals surface area contributed by atoms with Gasteiger partial charge in [0, 0.05) is 33.2 Å². The van der Waals surface area contributed by atoms with Gasteiger partial charge in [0.05, 0.1) is 12.5 Å². The first-order chi connectivity index (χ1) is 10.6. The molecule has 0 aromatic heterocycles. The monoisotopic (exact) mass is 315 g/mol. The van der Waals surface area contributed by atoms with Gasteiger partial charge in [0.15, 0.2) is 0 Å². The minimum Gasteiger partial charge on any atom is -0.493 e. The second kappa shape index (κ2) is 6.32. The van der Waals surface area contributed by atoms with Gasteiger partial charge in [0.25, 0.3) is 0 Å². The van der Waals surface area contributed by atoms with Crippen LogP contribution in [0.2, 0.25) is 0 Å². The summed E-state index contributed by atoms with van der Waals surface area (Å²) in [5.74, 6) is 0.539. The minimum absolute atomic E-state index is 0.0406. The maximum atomic E-state index is 12.5. The van der Waals surface area contributed by atoms with Crippen LogP contribution in [0.1, 0.15) is 17.9 Å². The van der Waals surface area contributed by atoms with Crippen LogP contribution in [-0.4, -0.2) is 23.0 Å². The van der Waals surface area contributed by atoms with Crippen molar-refractivity contribution in [1.29, 1.82) is 0 Å². The molecule has 4 nitrogen and oxygen atoms in total. The fourth-order valence-electron chi connectivity index (χ4n) is 2.57. The molecule has 2 atom stereocenters. The predicted octanol–water partition coefficient (Wildman–Crippen LogP) is 2.93. The van der Waals surface area contributed by atoms with Crippen molar-refractivity contribution in [2.24, 2.45) is 0 Å². The fraction of sp³-hybridized carbons (Fsp3) is 0.235. The topological polar surface area (TPSA) is 55.4 Å². The van der Waals surface area contributed by atoms with E-state index >= 15 is 0 Å². The number of para-hydroxylation sites is 1. The van der Waals surface area contributed by atoms with Crippen LogP contribution in [0.25, 0.3) is 0 Å². The third-order valence-electron chi connectivity index (χ3n) is 3.73. The highest BCUT2D eigenvalue weighted by Gasteiger charge is 2.27. The molecule has 1 heterocycles. The first kappa shape index (κ1) is 14.8. The highest BCUT2D eigenvalue weighted by atomic mass is 32.2. The highest BCUT2D eigenvalue weighted by Crippen LogP contribution is 2.34. The summed E-state index contributed by atoms with van der Waals surface area (Å²) in [5.41, 5.74) is 1.64. The van der Waals surface area contributed by atoms with Gasteiger partial charge in [-0.1, -0.05) is 18.2 Å². The second-order valence-corrected chi connectivity index (χ2v) is 6.57. The Balaban J connectivity index is 1.76. The highest BCUT2D eigenvalue weighted by molar-refractivity contribution is 7.84. The van der Waals surface area contributed by atoms with Crippen molar-refractivity contribution in [2.45, 2.75) is 17.2 Å². The van der Waals surface area contributed by atoms with Crippen molar-refractivity contribution in [3.63, 3.8) is 0 Å². The summed E-state index contributed by atoms with van der Waals surface area (Å²) in [6.07, 6.45) is 2.30. The van der Waals surface area contributed by atoms with Crippen LogP contribution in [0.5, 0.6) is 5.75 Å². The lowest BCUT2D eigenvalue weighted by atomic mass is 9.92. The Morgan fingerprint density at radius 3 is 2.64 bits per heavy atom. The molecule has 3 rings (SSSR count). The van der Waals surface area contributed by atoms with E-state index in [9.17, 15) is 9.00 Å². The van der Waals surface area contributed by atoms with Gasteiger partial charge in [0.1, 0.15) is 5.75 Å². The molecule has 2 aromatic carbocycles. The average Bonchev–Trinajstić information content (AvgIpc) is 2.54. The molecule has 0 spiro atoms. The molecule has 2 aromatic rings. The van der Waals surface area contributed by atoms with Gasteiger partial charge < -0.3 is 10.1 Å². The maximum Gasteiger partial charge on any atom is 0.232 e. The summed E-state index contributed by atoms with van der Waals surface area (Å²) in [7, 11) is -1.01. The minimum atomic E-state index is -1.01. The number of hydrogen-bond donors (Lipinski definition) is 1. The number of carbonyl (C=O) groups excluding carboxylic acids is 1. The van der Waals surface area contributed by atoms with Crippen molar-refractivity contribution in [2.75, 3.05) is 18.2 Å². The number of fused-ring (bicyclic) bond motifs is 1. The van der Waals surface area contributed by atoms with Crippen molar-refractivity contribution in [3.05, 3.63) is 54.1 Å². The van der Waals surface area contributed by atoms with Crippen LogP contribution in [0.4, 0.5) is 5.69 Å².